The number of nitrogens with one attached hydrogen (secondary N) is 1. The van der Waals surface area contributed by atoms with Crippen molar-refractivity contribution in [2.75, 3.05) is 13.7 Å². The third kappa shape index (κ3) is 4.49. The van der Waals surface area contributed by atoms with Gasteiger partial charge in [0.25, 0.3) is 5.91 Å². The maximum atomic E-state index is 12.2. The van der Waals surface area contributed by atoms with Crippen LogP contribution in [0.2, 0.25) is 0 Å². The zero-order chi connectivity index (χ0) is 16.7. The van der Waals surface area contributed by atoms with Gasteiger partial charge in [-0.15, -0.1) is 0 Å². The van der Waals surface area contributed by atoms with Gasteiger partial charge in [-0.2, -0.15) is 5.26 Å². The lowest BCUT2D eigenvalue weighted by Gasteiger charge is -2.12. The van der Waals surface area contributed by atoms with E-state index in [1.807, 2.05) is 13.0 Å². The van der Waals surface area contributed by atoms with E-state index in [1.54, 1.807) is 31.4 Å². The van der Waals surface area contributed by atoms with Gasteiger partial charge in [0.05, 0.1) is 13.7 Å². The number of carbonyl (C=O) groups is 1. The highest BCUT2D eigenvalue weighted by Gasteiger charge is 2.19. The molecule has 2 rings (SSSR count). The molecule has 0 aliphatic heterocycles. The molecule has 1 aliphatic carbocycles. The van der Waals surface area contributed by atoms with Crippen molar-refractivity contribution < 1.29 is 14.3 Å². The van der Waals surface area contributed by atoms with Gasteiger partial charge in [0.2, 0.25) is 0 Å². The summed E-state index contributed by atoms with van der Waals surface area (Å²) in [7, 11) is 1.56. The maximum Gasteiger partial charge on any atom is 0.262 e. The van der Waals surface area contributed by atoms with Crippen molar-refractivity contribution in [2.45, 2.75) is 38.6 Å². The van der Waals surface area contributed by atoms with Crippen LogP contribution in [-0.4, -0.2) is 25.7 Å². The number of ether oxygens (including phenoxy) is 2. The fraction of sp³-hybridized carbons (Fsp3) is 0.444. The number of amides is 1. The predicted molar refractivity (Wildman–Crippen MR) is 88.2 cm³/mol. The third-order valence-corrected chi connectivity index (χ3v) is 3.85. The van der Waals surface area contributed by atoms with Crippen molar-refractivity contribution in [1.82, 2.24) is 5.32 Å². The van der Waals surface area contributed by atoms with Crippen LogP contribution in [-0.2, 0) is 4.79 Å². The Bertz CT molecular complexity index is 626. The first-order valence-electron chi connectivity index (χ1n) is 7.91. The summed E-state index contributed by atoms with van der Waals surface area (Å²) in [5.74, 6) is 0.905. The lowest BCUT2D eigenvalue weighted by molar-refractivity contribution is -0.117. The molecule has 0 aromatic heterocycles. The number of carbonyl (C=O) groups excluding carboxylic acids is 1. The van der Waals surface area contributed by atoms with Crippen LogP contribution >= 0.6 is 0 Å². The molecule has 122 valence electrons. The average molecular weight is 314 g/mol. The van der Waals surface area contributed by atoms with Crippen molar-refractivity contribution in [1.29, 1.82) is 5.26 Å². The van der Waals surface area contributed by atoms with Gasteiger partial charge in [-0.25, -0.2) is 0 Å². The highest BCUT2D eigenvalue weighted by atomic mass is 16.5. The van der Waals surface area contributed by atoms with Crippen LogP contribution in [0.5, 0.6) is 11.5 Å². The second-order valence-electron chi connectivity index (χ2n) is 5.47. The Morgan fingerprint density at radius 2 is 2.13 bits per heavy atom. The van der Waals surface area contributed by atoms with Gasteiger partial charge in [0.15, 0.2) is 11.5 Å². The molecule has 0 atom stereocenters. The SMILES string of the molecule is CCOc1ccc(/C=C(/C#N)C(=O)NC2CCCC2)cc1OC. The van der Waals surface area contributed by atoms with Gasteiger partial charge in [-0.1, -0.05) is 18.9 Å². The van der Waals surface area contributed by atoms with E-state index in [-0.39, 0.29) is 17.5 Å². The van der Waals surface area contributed by atoms with E-state index in [2.05, 4.69) is 5.32 Å². The van der Waals surface area contributed by atoms with Crippen molar-refractivity contribution >= 4 is 12.0 Å². The Morgan fingerprint density at radius 1 is 1.39 bits per heavy atom. The summed E-state index contributed by atoms with van der Waals surface area (Å²) in [5.41, 5.74) is 0.825. The molecule has 1 amide bonds. The molecular formula is C18H22N2O3. The van der Waals surface area contributed by atoms with E-state index in [4.69, 9.17) is 9.47 Å². The molecule has 23 heavy (non-hydrogen) atoms. The molecule has 0 bridgehead atoms. The molecule has 0 radical (unpaired) electrons. The fourth-order valence-corrected chi connectivity index (χ4v) is 2.70. The quantitative estimate of drug-likeness (QED) is 0.647. The van der Waals surface area contributed by atoms with Crippen LogP contribution in [0.4, 0.5) is 0 Å². The van der Waals surface area contributed by atoms with Gasteiger partial charge >= 0.3 is 0 Å². The smallest absolute Gasteiger partial charge is 0.262 e. The number of nitrogens with zero attached hydrogens (tertiary/aromatic N) is 1. The Labute approximate surface area is 136 Å². The molecule has 0 unspecified atom stereocenters. The summed E-state index contributed by atoms with van der Waals surface area (Å²) >= 11 is 0. The van der Waals surface area contributed by atoms with Gasteiger partial charge in [-0.3, -0.25) is 4.79 Å². The maximum absolute atomic E-state index is 12.2. The van der Waals surface area contributed by atoms with Gasteiger partial charge in [-0.05, 0) is 43.5 Å². The lowest BCUT2D eigenvalue weighted by atomic mass is 10.1. The molecule has 1 saturated carbocycles. The minimum absolute atomic E-state index is 0.100. The first-order valence-corrected chi connectivity index (χ1v) is 7.91. The summed E-state index contributed by atoms with van der Waals surface area (Å²) in [4.78, 5) is 12.2. The second-order valence-corrected chi connectivity index (χ2v) is 5.47. The average Bonchev–Trinajstić information content (AvgIpc) is 3.06. The zero-order valence-corrected chi connectivity index (χ0v) is 13.6. The number of rotatable bonds is 6. The predicted octanol–water partition coefficient (Wildman–Crippen LogP) is 3.06. The third-order valence-electron chi connectivity index (χ3n) is 3.85. The normalized spacial score (nSPS) is 15.1. The van der Waals surface area contributed by atoms with E-state index in [0.717, 1.165) is 31.2 Å². The van der Waals surface area contributed by atoms with E-state index in [9.17, 15) is 10.1 Å². The topological polar surface area (TPSA) is 71.3 Å². The van der Waals surface area contributed by atoms with Gasteiger partial charge < -0.3 is 14.8 Å². The van der Waals surface area contributed by atoms with Crippen LogP contribution in [0.3, 0.4) is 0 Å². The Hall–Kier alpha value is -2.48. The summed E-state index contributed by atoms with van der Waals surface area (Å²) < 4.78 is 10.7. The monoisotopic (exact) mass is 314 g/mol. The minimum Gasteiger partial charge on any atom is -0.493 e. The molecule has 0 spiro atoms. The number of nitriles is 1. The van der Waals surface area contributed by atoms with E-state index >= 15 is 0 Å². The zero-order valence-electron chi connectivity index (χ0n) is 13.6. The Balaban J connectivity index is 2.16. The first-order chi connectivity index (χ1) is 11.2. The highest BCUT2D eigenvalue weighted by molar-refractivity contribution is 6.01. The Morgan fingerprint density at radius 3 is 2.74 bits per heavy atom. The van der Waals surface area contributed by atoms with Gasteiger partial charge in [0.1, 0.15) is 11.6 Å². The molecule has 1 aliphatic rings. The molecule has 0 heterocycles. The molecule has 1 fully saturated rings. The van der Waals surface area contributed by atoms with E-state index in [1.165, 1.54) is 0 Å². The highest BCUT2D eigenvalue weighted by Crippen LogP contribution is 2.29. The van der Waals surface area contributed by atoms with E-state index in [0.29, 0.717) is 18.1 Å². The van der Waals surface area contributed by atoms with Crippen molar-refractivity contribution in [3.05, 3.63) is 29.3 Å². The molecule has 1 N–H and O–H groups in total. The van der Waals surface area contributed by atoms with Crippen LogP contribution in [0.1, 0.15) is 38.2 Å². The molecule has 0 saturated heterocycles. The molecule has 5 nitrogen and oxygen atoms in total. The largest absolute Gasteiger partial charge is 0.493 e. The van der Waals surface area contributed by atoms with Crippen molar-refractivity contribution in [3.63, 3.8) is 0 Å². The van der Waals surface area contributed by atoms with Crippen LogP contribution in [0.25, 0.3) is 6.08 Å². The molecular weight excluding hydrogens is 292 g/mol. The Kier molecular flexibility index (Phi) is 6.04. The standard InChI is InChI=1S/C18H22N2O3/c1-3-23-16-9-8-13(11-17(16)22-2)10-14(12-19)18(21)20-15-6-4-5-7-15/h8-11,15H,3-7H2,1-2H3,(H,20,21)/b14-10-. The van der Waals surface area contributed by atoms with Crippen molar-refractivity contribution in [3.8, 4) is 17.6 Å². The van der Waals surface area contributed by atoms with Crippen molar-refractivity contribution in [2.24, 2.45) is 0 Å². The number of hydrogen-bond acceptors (Lipinski definition) is 4. The van der Waals surface area contributed by atoms with E-state index < -0.39 is 0 Å². The molecule has 1 aromatic rings. The summed E-state index contributed by atoms with van der Waals surface area (Å²) in [6.07, 6.45) is 5.81. The minimum atomic E-state index is -0.313. The van der Waals surface area contributed by atoms with Crippen LogP contribution in [0, 0.1) is 11.3 Å². The van der Waals surface area contributed by atoms with Crippen LogP contribution in [0.15, 0.2) is 23.8 Å². The summed E-state index contributed by atoms with van der Waals surface area (Å²) in [6.45, 7) is 2.44. The molecule has 5 heteroatoms. The fourth-order valence-electron chi connectivity index (χ4n) is 2.70. The number of benzene rings is 1. The lowest BCUT2D eigenvalue weighted by Crippen LogP contribution is -2.33. The summed E-state index contributed by atoms with van der Waals surface area (Å²) in [5, 5.41) is 12.2. The number of methoxy groups -OCH3 is 1. The van der Waals surface area contributed by atoms with Gasteiger partial charge in [0, 0.05) is 6.04 Å². The first kappa shape index (κ1) is 16.9. The molecule has 1 aromatic carbocycles. The second kappa shape index (κ2) is 8.23. The number of hydrogen-bond donors (Lipinski definition) is 1. The van der Waals surface area contributed by atoms with Crippen LogP contribution < -0.4 is 14.8 Å². The summed E-state index contributed by atoms with van der Waals surface area (Å²) in [6, 6.07) is 7.50.